The Kier molecular flexibility index (Phi) is 2.66. The second-order valence-electron chi connectivity index (χ2n) is 3.10. The molecule has 1 heterocycles. The molecule has 1 aromatic heterocycles. The zero-order valence-corrected chi connectivity index (χ0v) is 7.54. The van der Waals surface area contributed by atoms with Crippen molar-refractivity contribution >= 4 is 5.97 Å². The molecule has 0 radical (unpaired) electrons. The average Bonchev–Trinajstić information content (AvgIpc) is 2.08. The van der Waals surface area contributed by atoms with Crippen molar-refractivity contribution in [2.75, 3.05) is 0 Å². The molecule has 0 aliphatic carbocycles. The molecule has 1 rings (SSSR count). The Morgan fingerprint density at radius 3 is 2.86 bits per heavy atom. The summed E-state index contributed by atoms with van der Waals surface area (Å²) < 4.78 is 0.897. The fourth-order valence-corrected chi connectivity index (χ4v) is 0.865. The number of carbonyl (C=O) groups is 1. The van der Waals surface area contributed by atoms with E-state index in [1.54, 1.807) is 0 Å². The lowest BCUT2D eigenvalue weighted by molar-refractivity contribution is -0.158. The van der Waals surface area contributed by atoms with E-state index in [1.807, 2.05) is 0 Å². The number of rotatable bonds is 3. The summed E-state index contributed by atoms with van der Waals surface area (Å²) in [4.78, 5) is 21.7. The third-order valence-electron chi connectivity index (χ3n) is 1.70. The maximum Gasteiger partial charge on any atom is 0.337 e. The molecular weight excluding hydrogens is 188 g/mol. The summed E-state index contributed by atoms with van der Waals surface area (Å²) in [7, 11) is 0. The van der Waals surface area contributed by atoms with E-state index in [0.717, 1.165) is 11.6 Å². The SMILES string of the molecule is CC(O)(Cn1ncccc1=O)C(=O)O. The van der Waals surface area contributed by atoms with Gasteiger partial charge in [0.2, 0.25) is 0 Å². The van der Waals surface area contributed by atoms with E-state index in [9.17, 15) is 14.7 Å². The Hall–Kier alpha value is -1.69. The minimum absolute atomic E-state index is 0.373. The van der Waals surface area contributed by atoms with Gasteiger partial charge < -0.3 is 10.2 Å². The van der Waals surface area contributed by atoms with E-state index in [2.05, 4.69) is 5.10 Å². The lowest BCUT2D eigenvalue weighted by Gasteiger charge is -2.17. The van der Waals surface area contributed by atoms with Crippen LogP contribution in [0.5, 0.6) is 0 Å². The van der Waals surface area contributed by atoms with Crippen LogP contribution in [0.15, 0.2) is 23.1 Å². The van der Waals surface area contributed by atoms with Gasteiger partial charge in [-0.3, -0.25) is 4.79 Å². The molecule has 1 aromatic rings. The van der Waals surface area contributed by atoms with Crippen LogP contribution in [-0.2, 0) is 11.3 Å². The van der Waals surface area contributed by atoms with Crippen molar-refractivity contribution in [2.24, 2.45) is 0 Å². The van der Waals surface area contributed by atoms with Crippen LogP contribution in [0.1, 0.15) is 6.92 Å². The maximum atomic E-state index is 11.1. The fourth-order valence-electron chi connectivity index (χ4n) is 0.865. The first-order valence-electron chi connectivity index (χ1n) is 3.91. The van der Waals surface area contributed by atoms with Gasteiger partial charge in [0.15, 0.2) is 5.60 Å². The summed E-state index contributed by atoms with van der Waals surface area (Å²) in [6.07, 6.45) is 1.35. The normalized spacial score (nSPS) is 14.7. The Labute approximate surface area is 79.4 Å². The number of aliphatic hydroxyl groups is 1. The van der Waals surface area contributed by atoms with Crippen molar-refractivity contribution in [3.05, 3.63) is 28.7 Å². The topological polar surface area (TPSA) is 92.4 Å². The van der Waals surface area contributed by atoms with Crippen molar-refractivity contribution < 1.29 is 15.0 Å². The largest absolute Gasteiger partial charge is 0.479 e. The minimum Gasteiger partial charge on any atom is -0.479 e. The van der Waals surface area contributed by atoms with Crippen LogP contribution < -0.4 is 5.56 Å². The lowest BCUT2D eigenvalue weighted by atomic mass is 10.1. The van der Waals surface area contributed by atoms with Crippen molar-refractivity contribution in [1.82, 2.24) is 9.78 Å². The van der Waals surface area contributed by atoms with Crippen molar-refractivity contribution in [3.63, 3.8) is 0 Å². The van der Waals surface area contributed by atoms with Crippen molar-refractivity contribution in [1.29, 1.82) is 0 Å². The van der Waals surface area contributed by atoms with Gasteiger partial charge in [0, 0.05) is 12.3 Å². The molecule has 0 fully saturated rings. The van der Waals surface area contributed by atoms with Gasteiger partial charge in [0.05, 0.1) is 6.54 Å². The molecule has 0 aliphatic rings. The second kappa shape index (κ2) is 3.59. The molecule has 0 saturated heterocycles. The molecule has 0 saturated carbocycles. The molecule has 0 aliphatic heterocycles. The molecule has 0 amide bonds. The van der Waals surface area contributed by atoms with Gasteiger partial charge in [-0.25, -0.2) is 9.48 Å². The van der Waals surface area contributed by atoms with E-state index in [0.29, 0.717) is 0 Å². The number of carboxylic acids is 1. The van der Waals surface area contributed by atoms with Gasteiger partial charge in [0.25, 0.3) is 5.56 Å². The van der Waals surface area contributed by atoms with E-state index < -0.39 is 17.1 Å². The van der Waals surface area contributed by atoms with Crippen LogP contribution in [0.2, 0.25) is 0 Å². The van der Waals surface area contributed by atoms with E-state index in [-0.39, 0.29) is 6.54 Å². The summed E-state index contributed by atoms with van der Waals surface area (Å²) in [6, 6.07) is 2.68. The Morgan fingerprint density at radius 2 is 2.36 bits per heavy atom. The smallest absolute Gasteiger partial charge is 0.337 e. The zero-order chi connectivity index (χ0) is 10.8. The average molecular weight is 198 g/mol. The first kappa shape index (κ1) is 10.4. The van der Waals surface area contributed by atoms with E-state index >= 15 is 0 Å². The predicted octanol–water partition coefficient (Wildman–Crippen LogP) is -0.921. The second-order valence-corrected chi connectivity index (χ2v) is 3.10. The predicted molar refractivity (Wildman–Crippen MR) is 46.8 cm³/mol. The zero-order valence-electron chi connectivity index (χ0n) is 7.54. The third-order valence-corrected chi connectivity index (χ3v) is 1.70. The Bertz CT molecular complexity index is 396. The van der Waals surface area contributed by atoms with Gasteiger partial charge in [0.1, 0.15) is 0 Å². The van der Waals surface area contributed by atoms with Gasteiger partial charge in [-0.05, 0) is 13.0 Å². The number of hydrogen-bond donors (Lipinski definition) is 2. The van der Waals surface area contributed by atoms with Crippen molar-refractivity contribution in [2.45, 2.75) is 19.1 Å². The number of hydrogen-bond acceptors (Lipinski definition) is 4. The van der Waals surface area contributed by atoms with Gasteiger partial charge in [-0.2, -0.15) is 5.10 Å². The summed E-state index contributed by atoms with van der Waals surface area (Å²) in [5, 5.41) is 21.6. The first-order chi connectivity index (χ1) is 6.43. The van der Waals surface area contributed by atoms with Crippen LogP contribution in [-0.4, -0.2) is 31.6 Å². The Morgan fingerprint density at radius 1 is 1.71 bits per heavy atom. The summed E-state index contributed by atoms with van der Waals surface area (Å²) in [5.74, 6) is -1.39. The lowest BCUT2D eigenvalue weighted by Crippen LogP contribution is -2.42. The molecule has 14 heavy (non-hydrogen) atoms. The molecule has 2 N–H and O–H groups in total. The van der Waals surface area contributed by atoms with Crippen molar-refractivity contribution in [3.8, 4) is 0 Å². The van der Waals surface area contributed by atoms with Gasteiger partial charge >= 0.3 is 5.97 Å². The van der Waals surface area contributed by atoms with Crippen LogP contribution in [0, 0.1) is 0 Å². The van der Waals surface area contributed by atoms with E-state index in [4.69, 9.17) is 5.11 Å². The highest BCUT2D eigenvalue weighted by molar-refractivity contribution is 5.76. The van der Waals surface area contributed by atoms with E-state index in [1.165, 1.54) is 18.3 Å². The monoisotopic (exact) mass is 198 g/mol. The molecular formula is C8H10N2O4. The number of carboxylic acid groups (broad SMARTS) is 1. The third kappa shape index (κ3) is 2.17. The highest BCUT2D eigenvalue weighted by Crippen LogP contribution is 2.04. The summed E-state index contributed by atoms with van der Waals surface area (Å²) in [6.45, 7) is 0.735. The Balaban J connectivity index is 2.95. The molecule has 0 spiro atoms. The fraction of sp³-hybridized carbons (Fsp3) is 0.375. The minimum atomic E-state index is -1.99. The molecule has 1 unspecified atom stereocenters. The molecule has 76 valence electrons. The number of aliphatic carboxylic acids is 1. The summed E-state index contributed by atoms with van der Waals surface area (Å²) >= 11 is 0. The standard InChI is InChI=1S/C8H10N2O4/c1-8(14,7(12)13)5-10-6(11)3-2-4-9-10/h2-4,14H,5H2,1H3,(H,12,13). The molecule has 0 bridgehead atoms. The number of nitrogens with zero attached hydrogens (tertiary/aromatic N) is 2. The van der Waals surface area contributed by atoms with Crippen LogP contribution >= 0.6 is 0 Å². The maximum absolute atomic E-state index is 11.1. The molecule has 6 heteroatoms. The summed E-state index contributed by atoms with van der Waals surface area (Å²) in [5.41, 5.74) is -2.44. The number of aromatic nitrogens is 2. The molecule has 0 aromatic carbocycles. The van der Waals surface area contributed by atoms with Gasteiger partial charge in [-0.15, -0.1) is 0 Å². The highest BCUT2D eigenvalue weighted by Gasteiger charge is 2.31. The first-order valence-corrected chi connectivity index (χ1v) is 3.91. The van der Waals surface area contributed by atoms with Crippen LogP contribution in [0.4, 0.5) is 0 Å². The van der Waals surface area contributed by atoms with Crippen LogP contribution in [0.25, 0.3) is 0 Å². The molecule has 6 nitrogen and oxygen atoms in total. The molecule has 1 atom stereocenters. The quantitative estimate of drug-likeness (QED) is 0.655. The van der Waals surface area contributed by atoms with Crippen LogP contribution in [0.3, 0.4) is 0 Å². The van der Waals surface area contributed by atoms with Gasteiger partial charge in [-0.1, -0.05) is 0 Å². The highest BCUT2D eigenvalue weighted by atomic mass is 16.4.